The number of benzene rings is 1. The molecule has 9 nitrogen and oxygen atoms in total. The van der Waals surface area contributed by atoms with E-state index in [1.807, 2.05) is 0 Å². The Hall–Kier alpha value is -1.05. The van der Waals surface area contributed by atoms with Crippen LogP contribution in [0.25, 0.3) is 0 Å². The van der Waals surface area contributed by atoms with E-state index in [0.29, 0.717) is 11.5 Å². The highest BCUT2D eigenvalue weighted by molar-refractivity contribution is 7.46. The van der Waals surface area contributed by atoms with Crippen LogP contribution < -0.4 is 9.47 Å². The summed E-state index contributed by atoms with van der Waals surface area (Å²) >= 11 is 0. The summed E-state index contributed by atoms with van der Waals surface area (Å²) in [6, 6.07) is 6.41. The van der Waals surface area contributed by atoms with Crippen LogP contribution >= 0.6 is 16.1 Å². The second-order valence-electron chi connectivity index (χ2n) is 3.56. The minimum Gasteiger partial charge on any atom is -0.491 e. The van der Waals surface area contributed by atoms with Crippen LogP contribution in [0.2, 0.25) is 0 Å². The van der Waals surface area contributed by atoms with Gasteiger partial charge in [0.1, 0.15) is 31.3 Å². The summed E-state index contributed by atoms with van der Waals surface area (Å²) < 4.78 is 39.7. The molecule has 1 rings (SSSR count). The molecule has 1 atom stereocenters. The van der Waals surface area contributed by atoms with Gasteiger partial charge in [-0.15, -0.1) is 9.42 Å². The topological polar surface area (TPSA) is 132 Å². The largest absolute Gasteiger partial charge is 0.694 e. The zero-order chi connectivity index (χ0) is 15.7. The molecule has 0 saturated carbocycles. The molecule has 0 spiro atoms. The van der Waals surface area contributed by atoms with Gasteiger partial charge < -0.3 is 19.3 Å². The fourth-order valence-corrected chi connectivity index (χ4v) is 1.77. The Labute approximate surface area is 121 Å². The van der Waals surface area contributed by atoms with Crippen LogP contribution in [0.4, 0.5) is 0 Å². The number of phosphoric acid groups is 1. The molecular formula is C10H15O9P2+. The van der Waals surface area contributed by atoms with Crippen molar-refractivity contribution < 1.29 is 42.3 Å². The fraction of sp³-hybridized carbons (Fsp3) is 0.400. The fourth-order valence-electron chi connectivity index (χ4n) is 1.22. The first-order chi connectivity index (χ1) is 9.87. The zero-order valence-corrected chi connectivity index (χ0v) is 12.6. The SMILES string of the molecule is O=[P+](O)OCCOc1ccc(OCCOP(=O)(O)O)cc1. The molecule has 1 aromatic rings. The van der Waals surface area contributed by atoms with Gasteiger partial charge in [-0.05, 0) is 24.3 Å². The van der Waals surface area contributed by atoms with Gasteiger partial charge in [0, 0.05) is 4.57 Å². The van der Waals surface area contributed by atoms with E-state index >= 15 is 0 Å². The predicted molar refractivity (Wildman–Crippen MR) is 71.2 cm³/mol. The van der Waals surface area contributed by atoms with Gasteiger partial charge in [-0.25, -0.2) is 4.57 Å². The molecule has 0 radical (unpaired) electrons. The van der Waals surface area contributed by atoms with Gasteiger partial charge in [-0.3, -0.25) is 4.52 Å². The van der Waals surface area contributed by atoms with Crippen LogP contribution in [-0.4, -0.2) is 41.1 Å². The van der Waals surface area contributed by atoms with Crippen molar-refractivity contribution in [3.8, 4) is 11.5 Å². The first-order valence-electron chi connectivity index (χ1n) is 5.71. The quantitative estimate of drug-likeness (QED) is 0.424. The van der Waals surface area contributed by atoms with E-state index in [9.17, 15) is 9.13 Å². The van der Waals surface area contributed by atoms with Gasteiger partial charge in [0.15, 0.2) is 0 Å². The predicted octanol–water partition coefficient (Wildman–Crippen LogP) is 1.22. The number of rotatable bonds is 10. The van der Waals surface area contributed by atoms with Gasteiger partial charge in [0.2, 0.25) is 0 Å². The maximum absolute atomic E-state index is 10.4. The molecule has 3 N–H and O–H groups in total. The number of hydrogen-bond donors (Lipinski definition) is 3. The van der Waals surface area contributed by atoms with Crippen LogP contribution in [0, 0.1) is 0 Å². The smallest absolute Gasteiger partial charge is 0.491 e. The molecule has 1 unspecified atom stereocenters. The Morgan fingerprint density at radius 2 is 1.43 bits per heavy atom. The lowest BCUT2D eigenvalue weighted by atomic mass is 10.3. The Bertz CT molecular complexity index is 484. The van der Waals surface area contributed by atoms with E-state index in [0.717, 1.165) is 0 Å². The molecule has 0 aromatic heterocycles. The molecule has 0 fully saturated rings. The van der Waals surface area contributed by atoms with Gasteiger partial charge in [0.25, 0.3) is 0 Å². The Kier molecular flexibility index (Phi) is 7.77. The minimum absolute atomic E-state index is 0.0102. The number of phosphoric ester groups is 1. The highest BCUT2D eigenvalue weighted by Crippen LogP contribution is 2.35. The molecule has 0 aliphatic rings. The molecule has 0 saturated heterocycles. The normalized spacial score (nSPS) is 12.0. The van der Waals surface area contributed by atoms with Crippen molar-refractivity contribution >= 4 is 16.1 Å². The number of hydrogen-bond acceptors (Lipinski definition) is 6. The van der Waals surface area contributed by atoms with E-state index in [4.69, 9.17) is 24.2 Å². The van der Waals surface area contributed by atoms with Crippen molar-refractivity contribution in [2.45, 2.75) is 0 Å². The molecular weight excluding hydrogens is 326 g/mol. The second-order valence-corrected chi connectivity index (χ2v) is 5.54. The lowest BCUT2D eigenvalue weighted by Crippen LogP contribution is -2.06. The summed E-state index contributed by atoms with van der Waals surface area (Å²) in [5, 5.41) is 0. The van der Waals surface area contributed by atoms with Crippen LogP contribution in [0.3, 0.4) is 0 Å². The molecule has 1 aromatic carbocycles. The highest BCUT2D eigenvalue weighted by Gasteiger charge is 2.13. The molecule has 0 bridgehead atoms. The van der Waals surface area contributed by atoms with Crippen LogP contribution in [-0.2, 0) is 18.2 Å². The second kappa shape index (κ2) is 9.07. The highest BCUT2D eigenvalue weighted by atomic mass is 31.2. The average Bonchev–Trinajstić information content (AvgIpc) is 2.40. The third-order valence-corrected chi connectivity index (χ3v) is 2.91. The van der Waals surface area contributed by atoms with E-state index in [1.54, 1.807) is 24.3 Å². The van der Waals surface area contributed by atoms with E-state index in [-0.39, 0.29) is 26.4 Å². The monoisotopic (exact) mass is 341 g/mol. The van der Waals surface area contributed by atoms with Gasteiger partial charge >= 0.3 is 16.1 Å². The van der Waals surface area contributed by atoms with E-state index < -0.39 is 16.1 Å². The van der Waals surface area contributed by atoms with Gasteiger partial charge in [-0.2, -0.15) is 0 Å². The van der Waals surface area contributed by atoms with Crippen molar-refractivity contribution in [1.29, 1.82) is 0 Å². The van der Waals surface area contributed by atoms with Crippen LogP contribution in [0.1, 0.15) is 0 Å². The van der Waals surface area contributed by atoms with Crippen molar-refractivity contribution in [3.63, 3.8) is 0 Å². The zero-order valence-electron chi connectivity index (χ0n) is 10.8. The van der Waals surface area contributed by atoms with E-state index in [2.05, 4.69) is 9.05 Å². The lowest BCUT2D eigenvalue weighted by Gasteiger charge is -2.08. The first-order valence-corrected chi connectivity index (χ1v) is 8.38. The standard InChI is InChI=1S/C10H14O9P2/c11-20(12)18-7-5-16-9-1-3-10(4-2-9)17-6-8-19-21(13,14)15/h1-4H,5-8H2,(H2-,11,12,13,14,15)/p+1. The van der Waals surface area contributed by atoms with Crippen molar-refractivity contribution in [1.82, 2.24) is 0 Å². The van der Waals surface area contributed by atoms with E-state index in [1.165, 1.54) is 0 Å². The Balaban J connectivity index is 2.24. The maximum atomic E-state index is 10.4. The molecule has 0 aliphatic carbocycles. The Morgan fingerprint density at radius 3 is 1.86 bits per heavy atom. The number of ether oxygens (including phenoxy) is 2. The van der Waals surface area contributed by atoms with Gasteiger partial charge in [-0.1, -0.05) is 0 Å². The molecule has 118 valence electrons. The summed E-state index contributed by atoms with van der Waals surface area (Å²) in [6.07, 6.45) is 0. The summed E-state index contributed by atoms with van der Waals surface area (Å²) in [5.41, 5.74) is 0. The average molecular weight is 341 g/mol. The summed E-state index contributed by atoms with van der Waals surface area (Å²) in [6.45, 7) is -0.135. The van der Waals surface area contributed by atoms with Crippen molar-refractivity contribution in [3.05, 3.63) is 24.3 Å². The molecule has 0 amide bonds. The van der Waals surface area contributed by atoms with Crippen LogP contribution in [0.5, 0.6) is 11.5 Å². The molecule has 21 heavy (non-hydrogen) atoms. The maximum Gasteiger partial charge on any atom is 0.694 e. The summed E-state index contributed by atoms with van der Waals surface area (Å²) in [7, 11) is -7.09. The van der Waals surface area contributed by atoms with Crippen molar-refractivity contribution in [2.24, 2.45) is 0 Å². The third-order valence-electron chi connectivity index (χ3n) is 1.99. The third kappa shape index (κ3) is 9.49. The molecule has 0 aliphatic heterocycles. The minimum atomic E-state index is -4.47. The Morgan fingerprint density at radius 1 is 0.952 bits per heavy atom. The first kappa shape index (κ1) is 18.0. The lowest BCUT2D eigenvalue weighted by molar-refractivity contribution is 0.160. The summed E-state index contributed by atoms with van der Waals surface area (Å²) in [5.74, 6) is 0.997. The molecule has 11 heteroatoms. The molecule has 0 heterocycles. The van der Waals surface area contributed by atoms with Crippen LogP contribution in [0.15, 0.2) is 24.3 Å². The van der Waals surface area contributed by atoms with Crippen molar-refractivity contribution in [2.75, 3.05) is 26.4 Å². The van der Waals surface area contributed by atoms with Gasteiger partial charge in [0.05, 0.1) is 6.61 Å². The summed E-state index contributed by atoms with van der Waals surface area (Å²) in [4.78, 5) is 25.3.